The van der Waals surface area contributed by atoms with Crippen LogP contribution in [0.4, 0.5) is 0 Å². The van der Waals surface area contributed by atoms with E-state index in [0.717, 1.165) is 19.6 Å². The van der Waals surface area contributed by atoms with Crippen molar-refractivity contribution in [3.63, 3.8) is 0 Å². The number of furan rings is 1. The molecule has 0 saturated carbocycles. The highest BCUT2D eigenvalue weighted by Crippen LogP contribution is 2.23. The lowest BCUT2D eigenvalue weighted by Crippen LogP contribution is -2.54. The van der Waals surface area contributed by atoms with Crippen molar-refractivity contribution in [1.82, 2.24) is 15.1 Å². The van der Waals surface area contributed by atoms with Crippen molar-refractivity contribution in [3.8, 4) is 0 Å². The molecule has 1 aliphatic rings. The van der Waals surface area contributed by atoms with Gasteiger partial charge in [0.05, 0.1) is 18.6 Å². The Hall–Kier alpha value is -0.840. The summed E-state index contributed by atoms with van der Waals surface area (Å²) in [6, 6.07) is 2.89. The van der Waals surface area contributed by atoms with E-state index in [1.165, 1.54) is 5.56 Å². The Kier molecular flexibility index (Phi) is 3.63. The SMILES string of the molecule is CNC(c1ccoc1)C1CN(C)CCN1C. The van der Waals surface area contributed by atoms with Crippen molar-refractivity contribution >= 4 is 0 Å². The summed E-state index contributed by atoms with van der Waals surface area (Å²) >= 11 is 0. The van der Waals surface area contributed by atoms with Gasteiger partial charge in [0.2, 0.25) is 0 Å². The van der Waals surface area contributed by atoms with Gasteiger partial charge in [-0.1, -0.05) is 0 Å². The van der Waals surface area contributed by atoms with Crippen LogP contribution in [0.5, 0.6) is 0 Å². The number of likely N-dealkylation sites (N-methyl/N-ethyl adjacent to an activating group) is 3. The van der Waals surface area contributed by atoms with Crippen LogP contribution in [0.15, 0.2) is 23.0 Å². The Balaban J connectivity index is 2.13. The number of hydrogen-bond donors (Lipinski definition) is 1. The van der Waals surface area contributed by atoms with E-state index in [-0.39, 0.29) is 0 Å². The average Bonchev–Trinajstić information content (AvgIpc) is 2.78. The maximum Gasteiger partial charge on any atom is 0.0950 e. The molecule has 1 aromatic heterocycles. The van der Waals surface area contributed by atoms with Gasteiger partial charge in [-0.05, 0) is 27.2 Å². The van der Waals surface area contributed by atoms with E-state index in [2.05, 4.69) is 29.2 Å². The van der Waals surface area contributed by atoms with Gasteiger partial charge in [-0.25, -0.2) is 0 Å². The molecular formula is C12H21N3O. The molecule has 0 aromatic carbocycles. The summed E-state index contributed by atoms with van der Waals surface area (Å²) in [4.78, 5) is 4.81. The molecule has 1 saturated heterocycles. The summed E-state index contributed by atoms with van der Waals surface area (Å²) in [6.07, 6.45) is 3.58. The lowest BCUT2D eigenvalue weighted by Gasteiger charge is -2.41. The van der Waals surface area contributed by atoms with Crippen LogP contribution in [0.2, 0.25) is 0 Å². The summed E-state index contributed by atoms with van der Waals surface area (Å²) in [5, 5.41) is 3.40. The molecule has 4 nitrogen and oxygen atoms in total. The van der Waals surface area contributed by atoms with E-state index < -0.39 is 0 Å². The minimum absolute atomic E-state index is 0.339. The van der Waals surface area contributed by atoms with Crippen LogP contribution in [0.3, 0.4) is 0 Å². The van der Waals surface area contributed by atoms with Crippen LogP contribution in [0, 0.1) is 0 Å². The molecular weight excluding hydrogens is 202 g/mol. The van der Waals surface area contributed by atoms with Gasteiger partial charge >= 0.3 is 0 Å². The third-order valence-electron chi connectivity index (χ3n) is 3.50. The number of nitrogens with zero attached hydrogens (tertiary/aromatic N) is 2. The zero-order valence-corrected chi connectivity index (χ0v) is 10.3. The first-order chi connectivity index (χ1) is 7.72. The van der Waals surface area contributed by atoms with E-state index in [1.807, 2.05) is 19.4 Å². The molecule has 4 heteroatoms. The minimum atomic E-state index is 0.339. The quantitative estimate of drug-likeness (QED) is 0.821. The first-order valence-corrected chi connectivity index (χ1v) is 5.80. The summed E-state index contributed by atoms with van der Waals surface area (Å²) in [7, 11) is 6.39. The Morgan fingerprint density at radius 3 is 2.88 bits per heavy atom. The summed E-state index contributed by atoms with van der Waals surface area (Å²) in [5.74, 6) is 0. The predicted molar refractivity (Wildman–Crippen MR) is 64.4 cm³/mol. The first kappa shape index (κ1) is 11.6. The summed E-state index contributed by atoms with van der Waals surface area (Å²) < 4.78 is 5.18. The third-order valence-corrected chi connectivity index (χ3v) is 3.50. The largest absolute Gasteiger partial charge is 0.472 e. The third kappa shape index (κ3) is 2.29. The van der Waals surface area contributed by atoms with Gasteiger partial charge in [-0.15, -0.1) is 0 Å². The smallest absolute Gasteiger partial charge is 0.0950 e. The van der Waals surface area contributed by atoms with Crippen molar-refractivity contribution in [2.75, 3.05) is 40.8 Å². The molecule has 0 spiro atoms. The average molecular weight is 223 g/mol. The lowest BCUT2D eigenvalue weighted by molar-refractivity contribution is 0.0895. The van der Waals surface area contributed by atoms with E-state index in [1.54, 1.807) is 6.26 Å². The second-order valence-electron chi connectivity index (χ2n) is 4.63. The Morgan fingerprint density at radius 2 is 2.25 bits per heavy atom. The minimum Gasteiger partial charge on any atom is -0.472 e. The number of nitrogens with one attached hydrogen (secondary N) is 1. The van der Waals surface area contributed by atoms with Crippen molar-refractivity contribution in [3.05, 3.63) is 24.2 Å². The van der Waals surface area contributed by atoms with Crippen molar-refractivity contribution in [2.45, 2.75) is 12.1 Å². The van der Waals surface area contributed by atoms with Crippen LogP contribution >= 0.6 is 0 Å². The molecule has 90 valence electrons. The zero-order valence-electron chi connectivity index (χ0n) is 10.3. The van der Waals surface area contributed by atoms with E-state index >= 15 is 0 Å². The fraction of sp³-hybridized carbons (Fsp3) is 0.667. The van der Waals surface area contributed by atoms with Gasteiger partial charge in [-0.3, -0.25) is 4.90 Å². The molecule has 2 rings (SSSR count). The molecule has 0 aliphatic carbocycles. The summed E-state index contributed by atoms with van der Waals surface area (Å²) in [5.41, 5.74) is 1.23. The second kappa shape index (κ2) is 4.99. The Labute approximate surface area is 97.2 Å². The molecule has 0 bridgehead atoms. The normalized spacial score (nSPS) is 25.8. The molecule has 1 N–H and O–H groups in total. The molecule has 1 fully saturated rings. The molecule has 0 amide bonds. The van der Waals surface area contributed by atoms with Crippen LogP contribution in [-0.2, 0) is 0 Å². The van der Waals surface area contributed by atoms with E-state index in [9.17, 15) is 0 Å². The number of rotatable bonds is 3. The summed E-state index contributed by atoms with van der Waals surface area (Å²) in [6.45, 7) is 3.36. The van der Waals surface area contributed by atoms with Gasteiger partial charge in [0.15, 0.2) is 0 Å². The first-order valence-electron chi connectivity index (χ1n) is 5.80. The molecule has 16 heavy (non-hydrogen) atoms. The van der Waals surface area contributed by atoms with Gasteiger partial charge in [0.1, 0.15) is 0 Å². The maximum atomic E-state index is 5.18. The molecule has 2 unspecified atom stereocenters. The Bertz CT molecular complexity index is 312. The van der Waals surface area contributed by atoms with Gasteiger partial charge in [0.25, 0.3) is 0 Å². The molecule has 1 aliphatic heterocycles. The van der Waals surface area contributed by atoms with E-state index in [4.69, 9.17) is 4.42 Å². The van der Waals surface area contributed by atoms with Crippen LogP contribution in [-0.4, -0.2) is 56.6 Å². The zero-order chi connectivity index (χ0) is 11.5. The van der Waals surface area contributed by atoms with E-state index in [0.29, 0.717) is 12.1 Å². The van der Waals surface area contributed by atoms with Crippen LogP contribution in [0.25, 0.3) is 0 Å². The highest BCUT2D eigenvalue weighted by Gasteiger charge is 2.30. The lowest BCUT2D eigenvalue weighted by atomic mass is 9.99. The fourth-order valence-electron chi connectivity index (χ4n) is 2.44. The molecule has 2 heterocycles. The van der Waals surface area contributed by atoms with Gasteiger partial charge in [-0.2, -0.15) is 0 Å². The predicted octanol–water partition coefficient (Wildman–Crippen LogP) is 0.786. The highest BCUT2D eigenvalue weighted by atomic mass is 16.3. The van der Waals surface area contributed by atoms with Gasteiger partial charge in [0, 0.05) is 31.2 Å². The monoisotopic (exact) mass is 223 g/mol. The van der Waals surface area contributed by atoms with Crippen molar-refractivity contribution in [2.24, 2.45) is 0 Å². The molecule has 1 aromatic rings. The van der Waals surface area contributed by atoms with Crippen molar-refractivity contribution < 1.29 is 4.42 Å². The maximum absolute atomic E-state index is 5.18. The van der Waals surface area contributed by atoms with Crippen molar-refractivity contribution in [1.29, 1.82) is 0 Å². The molecule has 0 radical (unpaired) electrons. The Morgan fingerprint density at radius 1 is 1.44 bits per heavy atom. The number of piperazine rings is 1. The van der Waals surface area contributed by atoms with Crippen LogP contribution < -0.4 is 5.32 Å². The highest BCUT2D eigenvalue weighted by molar-refractivity contribution is 5.15. The van der Waals surface area contributed by atoms with Gasteiger partial charge < -0.3 is 14.6 Å². The fourth-order valence-corrected chi connectivity index (χ4v) is 2.44. The molecule has 2 atom stereocenters. The second-order valence-corrected chi connectivity index (χ2v) is 4.63. The standard InChI is InChI=1S/C12H21N3O/c1-13-12(10-4-7-16-9-10)11-8-14(2)5-6-15(11)3/h4,7,9,11-13H,5-6,8H2,1-3H3. The number of hydrogen-bond acceptors (Lipinski definition) is 4. The topological polar surface area (TPSA) is 31.7 Å². The van der Waals surface area contributed by atoms with Crippen LogP contribution in [0.1, 0.15) is 11.6 Å².